The summed E-state index contributed by atoms with van der Waals surface area (Å²) >= 11 is 6.73. The molecule has 0 amide bonds. The van der Waals surface area contributed by atoms with E-state index in [0.29, 0.717) is 0 Å². The van der Waals surface area contributed by atoms with E-state index in [4.69, 9.17) is 0 Å². The molecule has 1 N–H and O–H groups in total. The minimum Gasteiger partial charge on any atom is -0.313 e. The molecule has 2 rings (SSSR count). The van der Waals surface area contributed by atoms with Gasteiger partial charge in [0.25, 0.3) is 0 Å². The molecular formula is C11H12BrN3S2. The summed E-state index contributed by atoms with van der Waals surface area (Å²) < 4.78 is 2.08. The first-order chi connectivity index (χ1) is 8.29. The lowest BCUT2D eigenvalue weighted by molar-refractivity contribution is 0.717. The van der Waals surface area contributed by atoms with Gasteiger partial charge in [-0.15, -0.1) is 10.2 Å². The minimum atomic E-state index is 0.872. The van der Waals surface area contributed by atoms with Crippen LogP contribution in [0, 0.1) is 0 Å². The third-order valence-corrected chi connectivity index (χ3v) is 4.51. The van der Waals surface area contributed by atoms with Gasteiger partial charge in [0.05, 0.1) is 0 Å². The van der Waals surface area contributed by atoms with E-state index in [-0.39, 0.29) is 0 Å². The highest BCUT2D eigenvalue weighted by molar-refractivity contribution is 9.10. The number of benzene rings is 1. The average molecular weight is 330 g/mol. The molecular weight excluding hydrogens is 318 g/mol. The van der Waals surface area contributed by atoms with Crippen LogP contribution in [-0.2, 0) is 6.54 Å². The number of halogens is 1. The number of hydrogen-bond donors (Lipinski definition) is 1. The molecule has 17 heavy (non-hydrogen) atoms. The van der Waals surface area contributed by atoms with Crippen LogP contribution in [0.4, 0.5) is 0 Å². The third-order valence-electron chi connectivity index (χ3n) is 2.13. The van der Waals surface area contributed by atoms with Gasteiger partial charge < -0.3 is 5.32 Å². The van der Waals surface area contributed by atoms with E-state index in [1.807, 2.05) is 0 Å². The Bertz CT molecular complexity index is 474. The molecule has 0 saturated carbocycles. The fraction of sp³-hybridized carbons (Fsp3) is 0.273. The lowest BCUT2D eigenvalue weighted by Crippen LogP contribution is -2.12. The highest BCUT2D eigenvalue weighted by Gasteiger charge is 2.07. The van der Waals surface area contributed by atoms with Crippen LogP contribution >= 0.6 is 39.0 Å². The first kappa shape index (κ1) is 13.0. The third kappa shape index (κ3) is 3.77. The Kier molecular flexibility index (Phi) is 4.97. The average Bonchev–Trinajstić information content (AvgIpc) is 2.82. The number of hydrogen-bond acceptors (Lipinski definition) is 5. The fourth-order valence-electron chi connectivity index (χ4n) is 1.35. The molecule has 0 spiro atoms. The van der Waals surface area contributed by atoms with Gasteiger partial charge >= 0.3 is 0 Å². The van der Waals surface area contributed by atoms with Crippen molar-refractivity contribution in [3.63, 3.8) is 0 Å². The Hall–Kier alpha value is -0.430. The highest BCUT2D eigenvalue weighted by atomic mass is 79.9. The molecule has 3 nitrogen and oxygen atoms in total. The van der Waals surface area contributed by atoms with Gasteiger partial charge in [-0.25, -0.2) is 0 Å². The van der Waals surface area contributed by atoms with Crippen LogP contribution in [0.25, 0.3) is 0 Å². The van der Waals surface area contributed by atoms with Crippen molar-refractivity contribution in [1.82, 2.24) is 15.5 Å². The molecule has 0 atom stereocenters. The Balaban J connectivity index is 2.19. The fourth-order valence-corrected chi connectivity index (χ4v) is 3.30. The molecule has 1 aromatic carbocycles. The summed E-state index contributed by atoms with van der Waals surface area (Å²) in [5.41, 5.74) is 3.03. The minimum absolute atomic E-state index is 0.872. The maximum atomic E-state index is 4.05. The number of aromatic nitrogens is 2. The van der Waals surface area contributed by atoms with Crippen molar-refractivity contribution in [1.29, 1.82) is 0 Å². The van der Waals surface area contributed by atoms with Gasteiger partial charge in [-0.05, 0) is 30.3 Å². The summed E-state index contributed by atoms with van der Waals surface area (Å²) in [7, 11) is 0. The summed E-state index contributed by atoms with van der Waals surface area (Å²) in [4.78, 5) is 1.23. The monoisotopic (exact) mass is 329 g/mol. The number of rotatable bonds is 5. The zero-order valence-electron chi connectivity index (χ0n) is 9.31. The maximum Gasteiger partial charge on any atom is 0.178 e. The van der Waals surface area contributed by atoms with E-state index >= 15 is 0 Å². The van der Waals surface area contributed by atoms with Gasteiger partial charge in [-0.2, -0.15) is 0 Å². The summed E-state index contributed by atoms with van der Waals surface area (Å²) in [6.07, 6.45) is 0. The van der Waals surface area contributed by atoms with Crippen molar-refractivity contribution in [2.45, 2.75) is 22.7 Å². The topological polar surface area (TPSA) is 37.8 Å². The molecule has 0 saturated heterocycles. The normalized spacial score (nSPS) is 10.7. The number of nitrogens with one attached hydrogen (secondary N) is 1. The van der Waals surface area contributed by atoms with Gasteiger partial charge in [0.2, 0.25) is 0 Å². The van der Waals surface area contributed by atoms with E-state index in [2.05, 4.69) is 56.6 Å². The molecule has 90 valence electrons. The van der Waals surface area contributed by atoms with Crippen LogP contribution in [0.15, 0.2) is 37.4 Å². The van der Waals surface area contributed by atoms with E-state index in [9.17, 15) is 0 Å². The predicted octanol–water partition coefficient (Wildman–Crippen LogP) is 3.56. The molecule has 0 fully saturated rings. The summed E-state index contributed by atoms with van der Waals surface area (Å²) in [6, 6.07) is 6.31. The molecule has 1 heterocycles. The molecule has 0 unspecified atom stereocenters. The van der Waals surface area contributed by atoms with Crippen molar-refractivity contribution in [3.8, 4) is 0 Å². The molecule has 1 aromatic heterocycles. The second-order valence-electron chi connectivity index (χ2n) is 3.34. The lowest BCUT2D eigenvalue weighted by atomic mass is 10.2. The van der Waals surface area contributed by atoms with Crippen LogP contribution in [-0.4, -0.2) is 16.7 Å². The van der Waals surface area contributed by atoms with E-state index in [0.717, 1.165) is 21.9 Å². The summed E-state index contributed by atoms with van der Waals surface area (Å²) in [5, 5.41) is 11.3. The van der Waals surface area contributed by atoms with Gasteiger partial charge in [0.15, 0.2) is 4.34 Å². The molecule has 2 aromatic rings. The zero-order valence-corrected chi connectivity index (χ0v) is 12.5. The Labute approximate surface area is 117 Å². The van der Waals surface area contributed by atoms with Gasteiger partial charge in [-0.3, -0.25) is 0 Å². The smallest absolute Gasteiger partial charge is 0.178 e. The van der Waals surface area contributed by atoms with Gasteiger partial charge in [-0.1, -0.05) is 46.0 Å². The van der Waals surface area contributed by atoms with Crippen LogP contribution < -0.4 is 5.32 Å². The Morgan fingerprint density at radius 1 is 1.47 bits per heavy atom. The first-order valence-corrected chi connectivity index (χ1v) is 7.71. The van der Waals surface area contributed by atoms with E-state index < -0.39 is 0 Å². The standard InChI is InChI=1S/C11H12BrN3S2/c1-2-13-6-8-5-9(12)3-4-10(8)17-11-15-14-7-16-11/h3-5,7,13H,2,6H2,1H3. The molecule has 0 bridgehead atoms. The van der Waals surface area contributed by atoms with Crippen molar-refractivity contribution < 1.29 is 0 Å². The molecule has 6 heteroatoms. The molecule has 0 aliphatic carbocycles. The van der Waals surface area contributed by atoms with Crippen molar-refractivity contribution >= 4 is 39.0 Å². The van der Waals surface area contributed by atoms with Crippen molar-refractivity contribution in [2.24, 2.45) is 0 Å². The highest BCUT2D eigenvalue weighted by Crippen LogP contribution is 2.32. The summed E-state index contributed by atoms with van der Waals surface area (Å²) in [5.74, 6) is 0. The molecule has 0 radical (unpaired) electrons. The second-order valence-corrected chi connectivity index (χ2v) is 6.38. The lowest BCUT2D eigenvalue weighted by Gasteiger charge is -2.08. The van der Waals surface area contributed by atoms with Crippen LogP contribution in [0.5, 0.6) is 0 Å². The summed E-state index contributed by atoms with van der Waals surface area (Å²) in [6.45, 7) is 3.95. The van der Waals surface area contributed by atoms with Gasteiger partial charge in [0.1, 0.15) is 5.51 Å². The van der Waals surface area contributed by atoms with Crippen LogP contribution in [0.3, 0.4) is 0 Å². The van der Waals surface area contributed by atoms with Gasteiger partial charge in [0, 0.05) is 15.9 Å². The largest absolute Gasteiger partial charge is 0.313 e. The second kappa shape index (κ2) is 6.49. The molecule has 0 aliphatic heterocycles. The van der Waals surface area contributed by atoms with E-state index in [1.54, 1.807) is 28.6 Å². The Morgan fingerprint density at radius 2 is 2.35 bits per heavy atom. The SMILES string of the molecule is CCNCc1cc(Br)ccc1Sc1nncs1. The zero-order chi connectivity index (χ0) is 12.1. The van der Waals surface area contributed by atoms with Crippen LogP contribution in [0.2, 0.25) is 0 Å². The van der Waals surface area contributed by atoms with Crippen LogP contribution in [0.1, 0.15) is 12.5 Å². The predicted molar refractivity (Wildman–Crippen MR) is 75.6 cm³/mol. The number of nitrogens with zero attached hydrogens (tertiary/aromatic N) is 2. The van der Waals surface area contributed by atoms with Crippen molar-refractivity contribution in [3.05, 3.63) is 33.7 Å². The Morgan fingerprint density at radius 3 is 3.06 bits per heavy atom. The first-order valence-electron chi connectivity index (χ1n) is 5.22. The quantitative estimate of drug-likeness (QED) is 0.910. The maximum absolute atomic E-state index is 4.05. The van der Waals surface area contributed by atoms with Crippen molar-refractivity contribution in [2.75, 3.05) is 6.54 Å². The van der Waals surface area contributed by atoms with E-state index in [1.165, 1.54) is 10.5 Å². The molecule has 0 aliphatic rings.